The molecule has 0 radical (unpaired) electrons. The molecule has 0 aromatic carbocycles. The molecule has 0 saturated heterocycles. The van der Waals surface area contributed by atoms with Gasteiger partial charge in [0, 0.05) is 12.5 Å². The zero-order valence-corrected chi connectivity index (χ0v) is 29.6. The van der Waals surface area contributed by atoms with Crippen molar-refractivity contribution in [3.05, 3.63) is 0 Å². The van der Waals surface area contributed by atoms with Crippen LogP contribution in [0.5, 0.6) is 0 Å². The number of quaternary nitrogens is 1. The van der Waals surface area contributed by atoms with E-state index in [1.54, 1.807) is 20.8 Å². The van der Waals surface area contributed by atoms with Crippen molar-refractivity contribution in [3.63, 3.8) is 0 Å². The summed E-state index contributed by atoms with van der Waals surface area (Å²) >= 11 is 0. The van der Waals surface area contributed by atoms with Crippen LogP contribution < -0.4 is 12.4 Å². The average molecular weight is 628 g/mol. The van der Waals surface area contributed by atoms with E-state index >= 15 is 0 Å². The highest BCUT2D eigenvalue weighted by Crippen LogP contribution is 2.21. The predicted octanol–water partition coefficient (Wildman–Crippen LogP) is 3.85. The molecule has 0 saturated carbocycles. The fourth-order valence-corrected chi connectivity index (χ4v) is 7.77. The van der Waals surface area contributed by atoms with Crippen LogP contribution in [0.1, 0.15) is 137 Å². The normalized spacial score (nSPS) is 15.7. The molecule has 0 aromatic rings. The third kappa shape index (κ3) is 28.7. The lowest BCUT2D eigenvalue weighted by Gasteiger charge is -2.34. The second-order valence-corrected chi connectivity index (χ2v) is 15.7. The molecule has 9 heteroatoms. The van der Waals surface area contributed by atoms with E-state index < -0.39 is 27.1 Å². The Morgan fingerprint density at radius 1 is 0.512 bits per heavy atom. The Balaban J connectivity index is 0. The maximum Gasteiger partial charge on any atom is 0.501 e. The van der Waals surface area contributed by atoms with Crippen molar-refractivity contribution in [3.8, 4) is 0 Å². The maximum absolute atomic E-state index is 9.78. The van der Waals surface area contributed by atoms with Gasteiger partial charge in [0.15, 0.2) is 0 Å². The SMILES string of the molecule is CCCCCCCCCCCCCCCCCC[N+](C)(C)CCC[Si](OCC(C)O)(OCC(C)O)OCC(C)O.[Cl-]. The van der Waals surface area contributed by atoms with Gasteiger partial charge in [0.1, 0.15) is 0 Å². The van der Waals surface area contributed by atoms with Crippen LogP contribution in [0.2, 0.25) is 6.04 Å². The first-order chi connectivity index (χ1) is 19.0. The Morgan fingerprint density at radius 2 is 0.805 bits per heavy atom. The van der Waals surface area contributed by atoms with Gasteiger partial charge >= 0.3 is 8.80 Å². The van der Waals surface area contributed by atoms with Gasteiger partial charge < -0.3 is 45.5 Å². The van der Waals surface area contributed by atoms with Crippen molar-refractivity contribution in [2.75, 3.05) is 47.0 Å². The molecular weight excluding hydrogens is 558 g/mol. The molecule has 250 valence electrons. The van der Waals surface area contributed by atoms with E-state index in [9.17, 15) is 15.3 Å². The number of unbranched alkanes of at least 4 members (excludes halogenated alkanes) is 15. The fraction of sp³-hybridized carbons (Fsp3) is 1.00. The molecule has 0 spiro atoms. The lowest BCUT2D eigenvalue weighted by Crippen LogP contribution is -3.00. The first-order valence-electron chi connectivity index (χ1n) is 16.8. The summed E-state index contributed by atoms with van der Waals surface area (Å²) in [5.74, 6) is 0. The molecule has 0 heterocycles. The minimum absolute atomic E-state index is 0. The molecule has 3 N–H and O–H groups in total. The van der Waals surface area contributed by atoms with Crippen molar-refractivity contribution in [2.45, 2.75) is 161 Å². The second-order valence-electron chi connectivity index (χ2n) is 13.0. The summed E-state index contributed by atoms with van der Waals surface area (Å²) in [4.78, 5) is 0. The second kappa shape index (κ2) is 27.8. The Labute approximate surface area is 262 Å². The number of aliphatic hydroxyl groups excluding tert-OH is 3. The van der Waals surface area contributed by atoms with E-state index in [1.165, 1.54) is 103 Å². The monoisotopic (exact) mass is 627 g/mol. The summed E-state index contributed by atoms with van der Waals surface area (Å²) in [5.41, 5.74) is 0. The zero-order chi connectivity index (χ0) is 30.1. The molecule has 0 aromatic heterocycles. The lowest BCUT2D eigenvalue weighted by molar-refractivity contribution is -0.890. The molecule has 0 rings (SSSR count). The summed E-state index contributed by atoms with van der Waals surface area (Å²) in [5, 5.41) is 29.3. The van der Waals surface area contributed by atoms with Crippen molar-refractivity contribution in [1.29, 1.82) is 0 Å². The lowest BCUT2D eigenvalue weighted by atomic mass is 10.0. The summed E-state index contributed by atoms with van der Waals surface area (Å²) < 4.78 is 19.0. The highest BCUT2D eigenvalue weighted by atomic mass is 35.5. The number of aliphatic hydroxyl groups is 3. The van der Waals surface area contributed by atoms with E-state index in [4.69, 9.17) is 13.3 Å². The minimum Gasteiger partial charge on any atom is -1.00 e. The van der Waals surface area contributed by atoms with Crippen molar-refractivity contribution in [1.82, 2.24) is 0 Å². The van der Waals surface area contributed by atoms with Crippen LogP contribution >= 0.6 is 0 Å². The van der Waals surface area contributed by atoms with Gasteiger partial charge in [0.25, 0.3) is 0 Å². The smallest absolute Gasteiger partial charge is 0.501 e. The van der Waals surface area contributed by atoms with Crippen molar-refractivity contribution < 1.29 is 45.5 Å². The summed E-state index contributed by atoms with van der Waals surface area (Å²) in [6, 6.07) is 0.597. The average Bonchev–Trinajstić information content (AvgIpc) is 2.88. The summed E-state index contributed by atoms with van der Waals surface area (Å²) in [6.45, 7) is 9.75. The molecule has 0 aliphatic carbocycles. The Kier molecular flexibility index (Phi) is 29.3. The van der Waals surface area contributed by atoms with Gasteiger partial charge in [-0.15, -0.1) is 0 Å². The third-order valence-corrected chi connectivity index (χ3v) is 10.3. The molecular formula is C32H70ClNO6Si. The molecule has 0 fully saturated rings. The van der Waals surface area contributed by atoms with Crippen LogP contribution in [-0.2, 0) is 13.3 Å². The van der Waals surface area contributed by atoms with Gasteiger partial charge in [-0.25, -0.2) is 0 Å². The number of nitrogens with zero attached hydrogens (tertiary/aromatic N) is 1. The molecule has 0 bridgehead atoms. The fourth-order valence-electron chi connectivity index (χ4n) is 5.01. The summed E-state index contributed by atoms with van der Waals surface area (Å²) in [6.07, 6.45) is 21.1. The number of rotatable bonds is 30. The third-order valence-electron chi connectivity index (χ3n) is 7.50. The molecule has 0 aliphatic rings. The van der Waals surface area contributed by atoms with Crippen LogP contribution in [0.4, 0.5) is 0 Å². The highest BCUT2D eigenvalue weighted by Gasteiger charge is 2.42. The van der Waals surface area contributed by atoms with Crippen LogP contribution in [0, 0.1) is 0 Å². The molecule has 0 aliphatic heterocycles. The van der Waals surface area contributed by atoms with Crippen LogP contribution in [-0.4, -0.2) is 93.9 Å². The molecule has 0 amide bonds. The minimum atomic E-state index is -3.15. The molecule has 3 atom stereocenters. The van der Waals surface area contributed by atoms with Gasteiger partial charge in [0.05, 0.1) is 65.3 Å². The van der Waals surface area contributed by atoms with E-state index in [2.05, 4.69) is 21.0 Å². The number of halogens is 1. The Morgan fingerprint density at radius 3 is 1.12 bits per heavy atom. The van der Waals surface area contributed by atoms with E-state index in [1.807, 2.05) is 0 Å². The highest BCUT2D eigenvalue weighted by molar-refractivity contribution is 6.60. The molecule has 41 heavy (non-hydrogen) atoms. The van der Waals surface area contributed by atoms with Gasteiger partial charge in [-0.05, 0) is 33.6 Å². The first-order valence-corrected chi connectivity index (χ1v) is 18.7. The number of hydrogen-bond acceptors (Lipinski definition) is 6. The van der Waals surface area contributed by atoms with Crippen LogP contribution in [0.3, 0.4) is 0 Å². The van der Waals surface area contributed by atoms with E-state index in [-0.39, 0.29) is 32.2 Å². The van der Waals surface area contributed by atoms with Gasteiger partial charge in [-0.1, -0.05) is 96.8 Å². The largest absolute Gasteiger partial charge is 1.00 e. The van der Waals surface area contributed by atoms with Crippen LogP contribution in [0.25, 0.3) is 0 Å². The van der Waals surface area contributed by atoms with Gasteiger partial charge in [-0.3, -0.25) is 0 Å². The van der Waals surface area contributed by atoms with Crippen LogP contribution in [0.15, 0.2) is 0 Å². The van der Waals surface area contributed by atoms with Crippen molar-refractivity contribution in [2.24, 2.45) is 0 Å². The summed E-state index contributed by atoms with van der Waals surface area (Å²) in [7, 11) is 1.40. The van der Waals surface area contributed by atoms with E-state index in [0.29, 0.717) is 6.04 Å². The van der Waals surface area contributed by atoms with Gasteiger partial charge in [0.2, 0.25) is 0 Å². The first kappa shape index (κ1) is 43.4. The number of hydrogen-bond donors (Lipinski definition) is 3. The topological polar surface area (TPSA) is 88.4 Å². The molecule has 7 nitrogen and oxygen atoms in total. The Bertz CT molecular complexity index is 523. The Hall–Kier alpha value is 0.227. The maximum atomic E-state index is 9.78. The zero-order valence-electron chi connectivity index (χ0n) is 27.9. The quantitative estimate of drug-likeness (QED) is 0.0637. The van der Waals surface area contributed by atoms with E-state index in [0.717, 1.165) is 24.0 Å². The standard InChI is InChI=1S/C32H70NO6Si.ClH/c1-7-8-9-10-11-12-13-14-15-16-17-18-19-20-21-22-24-33(5,6)25-23-26-40(37-27-30(2)34,38-28-31(3)35)39-29-32(4)36;/h30-32,34-36H,7-29H2,1-6H3;1H/q+1;/p-1. The predicted molar refractivity (Wildman–Crippen MR) is 169 cm³/mol. The molecule has 3 unspecified atom stereocenters. The van der Waals surface area contributed by atoms with Crippen molar-refractivity contribution >= 4 is 8.80 Å². The van der Waals surface area contributed by atoms with Gasteiger partial charge in [-0.2, -0.15) is 0 Å².